The summed E-state index contributed by atoms with van der Waals surface area (Å²) in [7, 11) is 5.25. The highest BCUT2D eigenvalue weighted by Gasteiger charge is 2.15. The first kappa shape index (κ1) is 25.4. The molecule has 8 heteroatoms. The standard InChI is InChI=1S/C24H24N2O4S.C2H7N/c1-28-31-30-23-17-18(9-14-22(23)29-21-7-3-2-4-8-21)24(27)25-19-10-12-20(13-11-19)26-15-5-6-16-26;1-3-2/h2-4,7-14,17H,5-6,15-16H2,1H3,(H,25,27);3H,1-2H3. The average Bonchev–Trinajstić information content (AvgIpc) is 3.40. The highest BCUT2D eigenvalue weighted by molar-refractivity contribution is 7.90. The monoisotopic (exact) mass is 481 g/mol. The molecule has 0 atom stereocenters. The lowest BCUT2D eigenvalue weighted by Gasteiger charge is -2.18. The minimum absolute atomic E-state index is 0.229. The van der Waals surface area contributed by atoms with Crippen LogP contribution in [0.3, 0.4) is 0 Å². The molecule has 0 unspecified atom stereocenters. The fourth-order valence-electron chi connectivity index (χ4n) is 3.42. The topological polar surface area (TPSA) is 72.1 Å². The Labute approximate surface area is 205 Å². The number of hydrogen-bond acceptors (Lipinski definition) is 7. The minimum atomic E-state index is -0.229. The Kier molecular flexibility index (Phi) is 10.1. The summed E-state index contributed by atoms with van der Waals surface area (Å²) in [4.78, 5) is 15.2. The van der Waals surface area contributed by atoms with E-state index in [2.05, 4.69) is 15.5 Å². The van der Waals surface area contributed by atoms with E-state index in [9.17, 15) is 4.79 Å². The molecule has 0 aromatic heterocycles. The Morgan fingerprint density at radius 1 is 0.912 bits per heavy atom. The fraction of sp³-hybridized carbons (Fsp3) is 0.269. The van der Waals surface area contributed by atoms with Crippen molar-refractivity contribution in [3.05, 3.63) is 78.4 Å². The number of nitrogens with one attached hydrogen (secondary N) is 2. The van der Waals surface area contributed by atoms with Crippen molar-refractivity contribution in [1.82, 2.24) is 5.32 Å². The third-order valence-corrected chi connectivity index (χ3v) is 5.35. The van der Waals surface area contributed by atoms with Crippen molar-refractivity contribution >= 4 is 29.6 Å². The van der Waals surface area contributed by atoms with Crippen LogP contribution >= 0.6 is 12.3 Å². The van der Waals surface area contributed by atoms with E-state index in [1.807, 2.05) is 68.7 Å². The molecular formula is C26H31N3O4S. The van der Waals surface area contributed by atoms with Crippen LogP contribution in [0.15, 0.2) is 72.8 Å². The summed E-state index contributed by atoms with van der Waals surface area (Å²) in [5.41, 5.74) is 2.38. The Balaban J connectivity index is 0.00000103. The molecule has 2 N–H and O–H groups in total. The van der Waals surface area contributed by atoms with Crippen LogP contribution in [0.4, 0.5) is 11.4 Å². The van der Waals surface area contributed by atoms with E-state index in [-0.39, 0.29) is 5.91 Å². The quantitative estimate of drug-likeness (QED) is 0.397. The molecule has 1 amide bonds. The number of carbonyl (C=O) groups is 1. The molecule has 1 aliphatic rings. The Morgan fingerprint density at radius 2 is 1.59 bits per heavy atom. The summed E-state index contributed by atoms with van der Waals surface area (Å²) in [6.45, 7) is 2.18. The van der Waals surface area contributed by atoms with E-state index in [0.717, 1.165) is 31.1 Å². The summed E-state index contributed by atoms with van der Waals surface area (Å²) in [5, 5.41) is 5.69. The molecule has 3 aromatic carbocycles. The zero-order valence-electron chi connectivity index (χ0n) is 19.7. The summed E-state index contributed by atoms with van der Waals surface area (Å²) in [6.07, 6.45) is 2.46. The zero-order chi connectivity index (χ0) is 24.2. The lowest BCUT2D eigenvalue weighted by Crippen LogP contribution is -2.17. The lowest BCUT2D eigenvalue weighted by molar-refractivity contribution is 0.102. The third-order valence-electron chi connectivity index (χ3n) is 4.97. The fourth-order valence-corrected chi connectivity index (χ4v) is 3.69. The van der Waals surface area contributed by atoms with Crippen LogP contribution in [-0.4, -0.2) is 40.2 Å². The second-order valence-corrected chi connectivity index (χ2v) is 8.23. The van der Waals surface area contributed by atoms with Gasteiger partial charge in [0.2, 0.25) is 12.3 Å². The van der Waals surface area contributed by atoms with E-state index in [1.54, 1.807) is 18.2 Å². The molecule has 1 saturated heterocycles. The molecule has 180 valence electrons. The number of rotatable bonds is 8. The van der Waals surface area contributed by atoms with Crippen LogP contribution in [0.25, 0.3) is 0 Å². The second-order valence-electron chi connectivity index (χ2n) is 7.59. The van der Waals surface area contributed by atoms with E-state index < -0.39 is 0 Å². The number of anilines is 2. The molecule has 1 aliphatic heterocycles. The molecule has 0 aliphatic carbocycles. The average molecular weight is 482 g/mol. The molecule has 4 rings (SSSR count). The van der Waals surface area contributed by atoms with Gasteiger partial charge in [0.25, 0.3) is 5.91 Å². The van der Waals surface area contributed by atoms with Crippen molar-refractivity contribution < 1.29 is 17.9 Å². The van der Waals surface area contributed by atoms with Gasteiger partial charge in [-0.1, -0.05) is 18.2 Å². The largest absolute Gasteiger partial charge is 0.453 e. The Morgan fingerprint density at radius 3 is 2.24 bits per heavy atom. The number of benzene rings is 3. The highest BCUT2D eigenvalue weighted by atomic mass is 32.2. The van der Waals surface area contributed by atoms with E-state index in [0.29, 0.717) is 22.8 Å². The van der Waals surface area contributed by atoms with Crippen LogP contribution in [0.1, 0.15) is 23.2 Å². The molecule has 0 spiro atoms. The molecule has 7 nitrogen and oxygen atoms in total. The van der Waals surface area contributed by atoms with Gasteiger partial charge >= 0.3 is 0 Å². The van der Waals surface area contributed by atoms with E-state index in [4.69, 9.17) is 13.1 Å². The minimum Gasteiger partial charge on any atom is -0.453 e. The Hall–Kier alpha value is -3.20. The summed E-state index contributed by atoms with van der Waals surface area (Å²) < 4.78 is 16.4. The molecule has 34 heavy (non-hydrogen) atoms. The Bertz CT molecular complexity index is 1030. The first-order valence-corrected chi connectivity index (χ1v) is 11.8. The normalized spacial score (nSPS) is 12.5. The predicted octanol–water partition coefficient (Wildman–Crippen LogP) is 5.76. The molecule has 3 aromatic rings. The van der Waals surface area contributed by atoms with Gasteiger partial charge in [-0.15, -0.1) is 0 Å². The number of ether oxygens (including phenoxy) is 1. The van der Waals surface area contributed by atoms with Crippen LogP contribution in [0, 0.1) is 0 Å². The maximum Gasteiger partial charge on any atom is 0.255 e. The van der Waals surface area contributed by atoms with Gasteiger partial charge in [-0.2, -0.15) is 0 Å². The van der Waals surface area contributed by atoms with Crippen molar-refractivity contribution in [3.63, 3.8) is 0 Å². The van der Waals surface area contributed by atoms with Crippen LogP contribution < -0.4 is 24.5 Å². The molecule has 1 heterocycles. The van der Waals surface area contributed by atoms with E-state index in [1.165, 1.54) is 25.6 Å². The van der Waals surface area contributed by atoms with Crippen molar-refractivity contribution in [2.24, 2.45) is 0 Å². The number of para-hydroxylation sites is 1. The van der Waals surface area contributed by atoms with Gasteiger partial charge in [-0.05, 0) is 81.5 Å². The molecule has 0 bridgehead atoms. The summed E-state index contributed by atoms with van der Waals surface area (Å²) >= 11 is 0.808. The SMILES string of the molecule is CNC.COSOc1cc(C(=O)Nc2ccc(N3CCCC3)cc2)ccc1Oc1ccccc1. The number of amides is 1. The second kappa shape index (κ2) is 13.5. The van der Waals surface area contributed by atoms with Crippen LogP contribution in [0.5, 0.6) is 17.2 Å². The summed E-state index contributed by atoms with van der Waals surface area (Å²) in [6, 6.07) is 22.4. The number of hydrogen-bond donors (Lipinski definition) is 2. The third kappa shape index (κ3) is 7.41. The predicted molar refractivity (Wildman–Crippen MR) is 139 cm³/mol. The number of nitrogens with zero attached hydrogens (tertiary/aromatic N) is 1. The smallest absolute Gasteiger partial charge is 0.255 e. The van der Waals surface area contributed by atoms with Crippen LogP contribution in [0.2, 0.25) is 0 Å². The summed E-state index contributed by atoms with van der Waals surface area (Å²) in [5.74, 6) is 1.33. The van der Waals surface area contributed by atoms with Gasteiger partial charge in [-0.25, -0.2) is 0 Å². The zero-order valence-corrected chi connectivity index (χ0v) is 20.6. The molecular weight excluding hydrogens is 450 g/mol. The van der Waals surface area contributed by atoms with Crippen molar-refractivity contribution in [3.8, 4) is 17.2 Å². The van der Waals surface area contributed by atoms with Gasteiger partial charge in [0.1, 0.15) is 5.75 Å². The molecule has 1 fully saturated rings. The lowest BCUT2D eigenvalue weighted by atomic mass is 10.1. The van der Waals surface area contributed by atoms with Gasteiger partial charge in [0.15, 0.2) is 11.5 Å². The van der Waals surface area contributed by atoms with Crippen LogP contribution in [-0.2, 0) is 4.18 Å². The maximum atomic E-state index is 12.8. The maximum absolute atomic E-state index is 12.8. The molecule has 0 saturated carbocycles. The molecule has 0 radical (unpaired) electrons. The van der Waals surface area contributed by atoms with Gasteiger partial charge < -0.3 is 24.5 Å². The van der Waals surface area contributed by atoms with Crippen molar-refractivity contribution in [1.29, 1.82) is 0 Å². The van der Waals surface area contributed by atoms with Crippen molar-refractivity contribution in [2.45, 2.75) is 12.8 Å². The van der Waals surface area contributed by atoms with E-state index >= 15 is 0 Å². The first-order chi connectivity index (χ1) is 16.6. The van der Waals surface area contributed by atoms with Crippen molar-refractivity contribution in [2.75, 3.05) is 44.5 Å². The highest BCUT2D eigenvalue weighted by Crippen LogP contribution is 2.35. The number of carbonyl (C=O) groups excluding carboxylic acids is 1. The van der Waals surface area contributed by atoms with Gasteiger partial charge in [0.05, 0.1) is 7.11 Å². The van der Waals surface area contributed by atoms with Gasteiger partial charge in [-0.3, -0.25) is 8.98 Å². The first-order valence-electron chi connectivity index (χ1n) is 11.1. The van der Waals surface area contributed by atoms with Gasteiger partial charge in [0, 0.05) is 30.0 Å².